The van der Waals surface area contributed by atoms with Crippen molar-refractivity contribution >= 4 is 11.8 Å². The molecule has 0 spiro atoms. The third-order valence-corrected chi connectivity index (χ3v) is 2.35. The standard InChI is InChI=1S/C7H8F3N3OS/c1-3-13-5(14)4(7(8,9)10)11-12-6(13)15-2/h3H2,1-2H3. The van der Waals surface area contributed by atoms with E-state index in [0.29, 0.717) is 0 Å². The average Bonchev–Trinajstić information content (AvgIpc) is 2.15. The number of halogens is 3. The molecule has 1 aromatic rings. The normalized spacial score (nSPS) is 11.8. The first-order valence-electron chi connectivity index (χ1n) is 4.00. The number of hydrogen-bond donors (Lipinski definition) is 0. The van der Waals surface area contributed by atoms with Crippen LogP contribution in [0.25, 0.3) is 0 Å². The molecule has 4 nitrogen and oxygen atoms in total. The van der Waals surface area contributed by atoms with Gasteiger partial charge in [0.05, 0.1) is 0 Å². The summed E-state index contributed by atoms with van der Waals surface area (Å²) < 4.78 is 37.8. The van der Waals surface area contributed by atoms with Gasteiger partial charge in [-0.05, 0) is 13.2 Å². The van der Waals surface area contributed by atoms with Crippen LogP contribution in [0.2, 0.25) is 0 Å². The minimum absolute atomic E-state index is 0.133. The van der Waals surface area contributed by atoms with Crippen LogP contribution in [0.4, 0.5) is 13.2 Å². The molecular weight excluding hydrogens is 231 g/mol. The molecule has 84 valence electrons. The number of aromatic nitrogens is 3. The van der Waals surface area contributed by atoms with E-state index in [-0.39, 0.29) is 11.7 Å². The maximum Gasteiger partial charge on any atom is 0.440 e. The van der Waals surface area contributed by atoms with Gasteiger partial charge in [0.25, 0.3) is 5.56 Å². The lowest BCUT2D eigenvalue weighted by Crippen LogP contribution is -2.32. The number of thioether (sulfide) groups is 1. The molecule has 0 aromatic carbocycles. The van der Waals surface area contributed by atoms with Crippen LogP contribution in [-0.2, 0) is 12.7 Å². The van der Waals surface area contributed by atoms with Crippen LogP contribution >= 0.6 is 11.8 Å². The Morgan fingerprint density at radius 2 is 2.00 bits per heavy atom. The molecule has 0 saturated carbocycles. The molecule has 8 heteroatoms. The SMILES string of the molecule is CCn1c(SC)nnc(C(F)(F)F)c1=O. The molecule has 15 heavy (non-hydrogen) atoms. The van der Waals surface area contributed by atoms with Crippen molar-refractivity contribution in [2.45, 2.75) is 24.8 Å². The van der Waals surface area contributed by atoms with E-state index < -0.39 is 17.4 Å². The highest BCUT2D eigenvalue weighted by molar-refractivity contribution is 7.98. The molecule has 0 unspecified atom stereocenters. The maximum atomic E-state index is 12.3. The molecule has 0 fully saturated rings. The van der Waals surface area contributed by atoms with Gasteiger partial charge in [0, 0.05) is 6.54 Å². The van der Waals surface area contributed by atoms with Gasteiger partial charge in [0.2, 0.25) is 5.69 Å². The van der Waals surface area contributed by atoms with E-state index in [0.717, 1.165) is 16.3 Å². The van der Waals surface area contributed by atoms with Crippen LogP contribution in [0.3, 0.4) is 0 Å². The molecular formula is C7H8F3N3OS. The van der Waals surface area contributed by atoms with Crippen LogP contribution in [-0.4, -0.2) is 21.0 Å². The molecule has 1 aromatic heterocycles. The summed E-state index contributed by atoms with van der Waals surface area (Å²) in [5.41, 5.74) is -2.62. The molecule has 0 bridgehead atoms. The van der Waals surface area contributed by atoms with Crippen LogP contribution in [0.15, 0.2) is 9.95 Å². The monoisotopic (exact) mass is 239 g/mol. The molecule has 0 saturated heterocycles. The first-order valence-corrected chi connectivity index (χ1v) is 5.23. The third-order valence-electron chi connectivity index (χ3n) is 1.68. The topological polar surface area (TPSA) is 47.8 Å². The van der Waals surface area contributed by atoms with Crippen LogP contribution < -0.4 is 5.56 Å². The molecule has 0 atom stereocenters. The van der Waals surface area contributed by atoms with E-state index in [1.807, 2.05) is 0 Å². The predicted molar refractivity (Wildman–Crippen MR) is 48.7 cm³/mol. The Morgan fingerprint density at radius 3 is 2.40 bits per heavy atom. The average molecular weight is 239 g/mol. The first-order chi connectivity index (χ1) is 6.91. The quantitative estimate of drug-likeness (QED) is 0.732. The summed E-state index contributed by atoms with van der Waals surface area (Å²) >= 11 is 1.08. The highest BCUT2D eigenvalue weighted by Gasteiger charge is 2.37. The molecule has 1 heterocycles. The zero-order chi connectivity index (χ0) is 11.6. The zero-order valence-corrected chi connectivity index (χ0v) is 8.82. The van der Waals surface area contributed by atoms with E-state index >= 15 is 0 Å². The molecule has 0 N–H and O–H groups in total. The van der Waals surface area contributed by atoms with Gasteiger partial charge in [-0.1, -0.05) is 11.8 Å². The summed E-state index contributed by atoms with van der Waals surface area (Å²) in [5, 5.41) is 6.43. The zero-order valence-electron chi connectivity index (χ0n) is 8.00. The summed E-state index contributed by atoms with van der Waals surface area (Å²) in [7, 11) is 0. The Balaban J connectivity index is 3.43. The largest absolute Gasteiger partial charge is 0.440 e. The molecule has 0 radical (unpaired) electrons. The molecule has 0 aliphatic carbocycles. The summed E-state index contributed by atoms with van der Waals surface area (Å²) in [5.74, 6) is 0. The number of nitrogens with zero attached hydrogens (tertiary/aromatic N) is 3. The second-order valence-electron chi connectivity index (χ2n) is 2.58. The lowest BCUT2D eigenvalue weighted by molar-refractivity contribution is -0.143. The van der Waals surface area contributed by atoms with Crippen molar-refractivity contribution in [1.29, 1.82) is 0 Å². The summed E-state index contributed by atoms with van der Waals surface area (Å²) in [6.45, 7) is 1.70. The fourth-order valence-corrected chi connectivity index (χ4v) is 1.57. The fraction of sp³-hybridized carbons (Fsp3) is 0.571. The van der Waals surface area contributed by atoms with E-state index in [9.17, 15) is 18.0 Å². The van der Waals surface area contributed by atoms with E-state index in [4.69, 9.17) is 0 Å². The lowest BCUT2D eigenvalue weighted by Gasteiger charge is -2.09. The Kier molecular flexibility index (Phi) is 3.38. The highest BCUT2D eigenvalue weighted by atomic mass is 32.2. The highest BCUT2D eigenvalue weighted by Crippen LogP contribution is 2.24. The van der Waals surface area contributed by atoms with Gasteiger partial charge < -0.3 is 0 Å². The van der Waals surface area contributed by atoms with Gasteiger partial charge in [0.1, 0.15) is 0 Å². The molecule has 0 aliphatic rings. The van der Waals surface area contributed by atoms with Crippen molar-refractivity contribution < 1.29 is 13.2 Å². The van der Waals surface area contributed by atoms with E-state index in [1.54, 1.807) is 13.2 Å². The smallest absolute Gasteiger partial charge is 0.285 e. The second kappa shape index (κ2) is 4.21. The molecule has 0 aliphatic heterocycles. The van der Waals surface area contributed by atoms with Gasteiger partial charge in [-0.15, -0.1) is 10.2 Å². The van der Waals surface area contributed by atoms with Crippen molar-refractivity contribution in [1.82, 2.24) is 14.8 Å². The van der Waals surface area contributed by atoms with Crippen molar-refractivity contribution in [2.24, 2.45) is 0 Å². The Labute approximate surface area is 87.5 Å². The van der Waals surface area contributed by atoms with Crippen molar-refractivity contribution in [3.63, 3.8) is 0 Å². The van der Waals surface area contributed by atoms with Crippen molar-refractivity contribution in [2.75, 3.05) is 6.26 Å². The number of rotatable bonds is 2. The van der Waals surface area contributed by atoms with Crippen molar-refractivity contribution in [3.8, 4) is 0 Å². The summed E-state index contributed by atoms with van der Waals surface area (Å²) in [4.78, 5) is 11.4. The van der Waals surface area contributed by atoms with Gasteiger partial charge >= 0.3 is 6.18 Å². The van der Waals surface area contributed by atoms with Gasteiger partial charge in [-0.25, -0.2) is 0 Å². The van der Waals surface area contributed by atoms with Crippen LogP contribution in [0.5, 0.6) is 0 Å². The van der Waals surface area contributed by atoms with Crippen LogP contribution in [0.1, 0.15) is 12.6 Å². The fourth-order valence-electron chi connectivity index (χ4n) is 1.01. The molecule has 0 amide bonds. The van der Waals surface area contributed by atoms with Crippen LogP contribution in [0, 0.1) is 0 Å². The Hall–Kier alpha value is -1.05. The van der Waals surface area contributed by atoms with E-state index in [1.165, 1.54) is 0 Å². The van der Waals surface area contributed by atoms with Gasteiger partial charge in [-0.2, -0.15) is 13.2 Å². The van der Waals surface area contributed by atoms with Crippen molar-refractivity contribution in [3.05, 3.63) is 16.0 Å². The van der Waals surface area contributed by atoms with Gasteiger partial charge in [0.15, 0.2) is 5.16 Å². The third kappa shape index (κ3) is 2.31. The Bertz CT molecular complexity index is 415. The maximum absolute atomic E-state index is 12.3. The summed E-state index contributed by atoms with van der Waals surface area (Å²) in [6, 6.07) is 0. The molecule has 1 rings (SSSR count). The number of hydrogen-bond acceptors (Lipinski definition) is 4. The minimum atomic E-state index is -4.75. The Morgan fingerprint density at radius 1 is 1.40 bits per heavy atom. The first kappa shape index (κ1) is 12.0. The van der Waals surface area contributed by atoms with E-state index in [2.05, 4.69) is 10.2 Å². The number of alkyl halides is 3. The lowest BCUT2D eigenvalue weighted by atomic mass is 10.4. The van der Waals surface area contributed by atoms with Gasteiger partial charge in [-0.3, -0.25) is 9.36 Å². The predicted octanol–water partition coefficient (Wildman–Crippen LogP) is 1.40. The summed E-state index contributed by atoms with van der Waals surface area (Å²) in [6.07, 6.45) is -3.14. The second-order valence-corrected chi connectivity index (χ2v) is 3.36. The minimum Gasteiger partial charge on any atom is -0.285 e.